The number of benzene rings is 3. The number of hydrogen-bond donors (Lipinski definition) is 2. The molecule has 0 saturated heterocycles. The maximum Gasteiger partial charge on any atom is 0.414 e. The number of amides is 1. The third-order valence-electron chi connectivity index (χ3n) is 5.66. The minimum Gasteiger partial charge on any atom is -0.448 e. The number of carbonyl (C=O) groups excluding carboxylic acids is 1. The Morgan fingerprint density at radius 2 is 1.66 bits per heavy atom. The maximum absolute atomic E-state index is 12.8. The third-order valence-corrected chi connectivity index (χ3v) is 5.92. The summed E-state index contributed by atoms with van der Waals surface area (Å²) in [6.07, 6.45) is -0.392. The average molecular weight is 405 g/mol. The number of fused-ring (bicyclic) bond motifs is 3. The summed E-state index contributed by atoms with van der Waals surface area (Å²) in [4.78, 5) is 15.1. The molecule has 1 aliphatic carbocycles. The van der Waals surface area contributed by atoms with Gasteiger partial charge in [0.2, 0.25) is 0 Å². The summed E-state index contributed by atoms with van der Waals surface area (Å²) in [6.45, 7) is 2.64. The van der Waals surface area contributed by atoms with Crippen molar-refractivity contribution in [3.05, 3.63) is 82.9 Å². The molecule has 1 aliphatic rings. The molecule has 0 unspecified atom stereocenters. The van der Waals surface area contributed by atoms with Crippen molar-refractivity contribution in [3.63, 3.8) is 0 Å². The van der Waals surface area contributed by atoms with Crippen molar-refractivity contribution in [2.45, 2.75) is 24.3 Å². The molecule has 148 valence electrons. The number of rotatable bonds is 4. The molecule has 0 aromatic heterocycles. The molecule has 1 amide bonds. The molecule has 2 N–H and O–H groups in total. The van der Waals surface area contributed by atoms with E-state index in [1.165, 1.54) is 27.2 Å². The van der Waals surface area contributed by atoms with Gasteiger partial charge in [0.25, 0.3) is 0 Å². The lowest BCUT2D eigenvalue weighted by Gasteiger charge is -2.22. The molecule has 3 aromatic rings. The summed E-state index contributed by atoms with van der Waals surface area (Å²) >= 11 is 4.44. The summed E-state index contributed by atoms with van der Waals surface area (Å²) in [7, 11) is 1.72. The van der Waals surface area contributed by atoms with E-state index in [4.69, 9.17) is 10.5 Å². The van der Waals surface area contributed by atoms with Crippen molar-refractivity contribution in [1.82, 2.24) is 0 Å². The first-order valence-electron chi connectivity index (χ1n) is 9.62. The van der Waals surface area contributed by atoms with Crippen LogP contribution < -0.4 is 10.6 Å². The van der Waals surface area contributed by atoms with Gasteiger partial charge in [-0.3, -0.25) is 4.90 Å². The molecule has 0 aliphatic heterocycles. The van der Waals surface area contributed by atoms with Gasteiger partial charge in [0.1, 0.15) is 6.61 Å². The van der Waals surface area contributed by atoms with Crippen LogP contribution in [0.5, 0.6) is 0 Å². The predicted molar refractivity (Wildman–Crippen MR) is 120 cm³/mol. The van der Waals surface area contributed by atoms with Gasteiger partial charge in [-0.05, 0) is 52.4 Å². The van der Waals surface area contributed by atoms with E-state index in [0.29, 0.717) is 13.2 Å². The number of carbonyl (C=O) groups is 1. The van der Waals surface area contributed by atoms with Crippen molar-refractivity contribution in [1.29, 1.82) is 0 Å². The van der Waals surface area contributed by atoms with Gasteiger partial charge in [0.15, 0.2) is 0 Å². The smallest absolute Gasteiger partial charge is 0.414 e. The summed E-state index contributed by atoms with van der Waals surface area (Å²) in [6, 6.07) is 20.4. The second-order valence-corrected chi connectivity index (χ2v) is 7.83. The van der Waals surface area contributed by atoms with E-state index in [1.54, 1.807) is 7.05 Å². The highest BCUT2D eigenvalue weighted by Crippen LogP contribution is 2.44. The van der Waals surface area contributed by atoms with Gasteiger partial charge < -0.3 is 10.5 Å². The Balaban J connectivity index is 1.56. The standard InChI is InChI=1S/C24H24N2O2S/c1-15-16(13-25)11-17(29)12-23(15)26(2)24(27)28-14-22-20-9-5-3-7-18(20)19-8-4-6-10-21(19)22/h3-12,22,29H,13-14,25H2,1-2H3. The Morgan fingerprint density at radius 3 is 2.24 bits per heavy atom. The van der Waals surface area contributed by atoms with Gasteiger partial charge in [-0.1, -0.05) is 48.5 Å². The van der Waals surface area contributed by atoms with Gasteiger partial charge in [-0.2, -0.15) is 0 Å². The molecule has 5 heteroatoms. The molecule has 0 spiro atoms. The van der Waals surface area contributed by atoms with Crippen LogP contribution in [-0.4, -0.2) is 19.7 Å². The number of nitrogens with two attached hydrogens (primary N) is 1. The average Bonchev–Trinajstić information content (AvgIpc) is 3.06. The normalized spacial score (nSPS) is 12.4. The van der Waals surface area contributed by atoms with Crippen molar-refractivity contribution in [2.24, 2.45) is 5.73 Å². The third kappa shape index (κ3) is 3.52. The van der Waals surface area contributed by atoms with Crippen LogP contribution in [0.4, 0.5) is 10.5 Å². The molecule has 0 saturated carbocycles. The lowest BCUT2D eigenvalue weighted by Crippen LogP contribution is -2.29. The zero-order valence-electron chi connectivity index (χ0n) is 16.6. The van der Waals surface area contributed by atoms with Crippen LogP contribution >= 0.6 is 12.6 Å². The topological polar surface area (TPSA) is 55.6 Å². The fourth-order valence-corrected chi connectivity index (χ4v) is 4.37. The number of ether oxygens (including phenoxy) is 1. The van der Waals surface area contributed by atoms with Crippen LogP contribution in [0.3, 0.4) is 0 Å². The van der Waals surface area contributed by atoms with Crippen molar-refractivity contribution >= 4 is 24.4 Å². The first-order chi connectivity index (χ1) is 14.0. The van der Waals surface area contributed by atoms with Crippen LogP contribution in [0.1, 0.15) is 28.2 Å². The minimum atomic E-state index is -0.392. The molecule has 4 rings (SSSR count). The lowest BCUT2D eigenvalue weighted by molar-refractivity contribution is 0.151. The number of nitrogens with zero attached hydrogens (tertiary/aromatic N) is 1. The van der Waals surface area contributed by atoms with Gasteiger partial charge >= 0.3 is 6.09 Å². The largest absolute Gasteiger partial charge is 0.448 e. The fraction of sp³-hybridized carbons (Fsp3) is 0.208. The summed E-state index contributed by atoms with van der Waals surface area (Å²) in [5.41, 5.74) is 13.3. The maximum atomic E-state index is 12.8. The number of hydrogen-bond acceptors (Lipinski definition) is 4. The van der Waals surface area contributed by atoms with Crippen molar-refractivity contribution < 1.29 is 9.53 Å². The SMILES string of the molecule is Cc1c(CN)cc(S)cc1N(C)C(=O)OCC1c2ccccc2-c2ccccc21. The van der Waals surface area contributed by atoms with Gasteiger partial charge in [0.05, 0.1) is 5.69 Å². The van der Waals surface area contributed by atoms with E-state index < -0.39 is 6.09 Å². The molecule has 0 heterocycles. The molecule has 0 radical (unpaired) electrons. The molecule has 4 nitrogen and oxygen atoms in total. The molecular formula is C24H24N2O2S. The van der Waals surface area contributed by atoms with Crippen LogP contribution in [-0.2, 0) is 11.3 Å². The quantitative estimate of drug-likeness (QED) is 0.593. The molecule has 0 fully saturated rings. The van der Waals surface area contributed by atoms with Gasteiger partial charge in [-0.25, -0.2) is 4.79 Å². The molecule has 3 aromatic carbocycles. The molecule has 29 heavy (non-hydrogen) atoms. The highest BCUT2D eigenvalue weighted by Gasteiger charge is 2.29. The second kappa shape index (κ2) is 7.93. The zero-order chi connectivity index (χ0) is 20.5. The van der Waals surface area contributed by atoms with Crippen molar-refractivity contribution in [3.8, 4) is 11.1 Å². The Bertz CT molecular complexity index is 1030. The monoisotopic (exact) mass is 404 g/mol. The van der Waals surface area contributed by atoms with Crippen LogP contribution in [0.15, 0.2) is 65.6 Å². The van der Waals surface area contributed by atoms with E-state index in [-0.39, 0.29) is 5.92 Å². The highest BCUT2D eigenvalue weighted by molar-refractivity contribution is 7.80. The fourth-order valence-electron chi connectivity index (χ4n) is 4.09. The number of anilines is 1. The molecular weight excluding hydrogens is 380 g/mol. The first kappa shape index (κ1) is 19.6. The second-order valence-electron chi connectivity index (χ2n) is 7.32. The zero-order valence-corrected chi connectivity index (χ0v) is 17.4. The summed E-state index contributed by atoms with van der Waals surface area (Å²) in [5.74, 6) is 0.0386. The van der Waals surface area contributed by atoms with Crippen LogP contribution in [0.2, 0.25) is 0 Å². The summed E-state index contributed by atoms with van der Waals surface area (Å²) in [5, 5.41) is 0. The van der Waals surface area contributed by atoms with E-state index in [0.717, 1.165) is 21.7 Å². The Morgan fingerprint density at radius 1 is 1.07 bits per heavy atom. The van der Waals surface area contributed by atoms with E-state index in [1.807, 2.05) is 43.3 Å². The van der Waals surface area contributed by atoms with E-state index in [9.17, 15) is 4.79 Å². The van der Waals surface area contributed by atoms with Crippen LogP contribution in [0, 0.1) is 6.92 Å². The summed E-state index contributed by atoms with van der Waals surface area (Å²) < 4.78 is 5.76. The molecule has 0 atom stereocenters. The van der Waals surface area contributed by atoms with Crippen molar-refractivity contribution in [2.75, 3.05) is 18.6 Å². The molecule has 0 bridgehead atoms. The minimum absolute atomic E-state index is 0.0386. The highest BCUT2D eigenvalue weighted by atomic mass is 32.1. The number of thiol groups is 1. The Labute approximate surface area is 176 Å². The lowest BCUT2D eigenvalue weighted by atomic mass is 9.98. The van der Waals surface area contributed by atoms with Crippen LogP contribution in [0.25, 0.3) is 11.1 Å². The Kier molecular flexibility index (Phi) is 5.35. The van der Waals surface area contributed by atoms with Gasteiger partial charge in [-0.15, -0.1) is 12.6 Å². The predicted octanol–water partition coefficient (Wildman–Crippen LogP) is 5.13. The first-order valence-corrected chi connectivity index (χ1v) is 10.1. The van der Waals surface area contributed by atoms with Gasteiger partial charge in [0, 0.05) is 24.4 Å². The van der Waals surface area contributed by atoms with E-state index >= 15 is 0 Å². The Hall–Kier alpha value is -2.76. The van der Waals surface area contributed by atoms with E-state index in [2.05, 4.69) is 36.9 Å².